The molecule has 1 aromatic carbocycles. The Morgan fingerprint density at radius 1 is 1.12 bits per heavy atom. The Balaban J connectivity index is 1.68. The first kappa shape index (κ1) is 41.2. The zero-order valence-electron chi connectivity index (χ0n) is 32.3. The summed E-state index contributed by atoms with van der Waals surface area (Å²) in [5.41, 5.74) is -0.155. The van der Waals surface area contributed by atoms with Crippen molar-refractivity contribution in [3.05, 3.63) is 62.9 Å². The summed E-state index contributed by atoms with van der Waals surface area (Å²) in [5.74, 6) is 0.352. The minimum Gasteiger partial charge on any atom is -0.349 e. The van der Waals surface area contributed by atoms with Crippen molar-refractivity contribution in [2.45, 2.75) is 160 Å². The van der Waals surface area contributed by atoms with Gasteiger partial charge in [0.05, 0.1) is 12.7 Å². The fraction of sp³-hybridized carbons (Fsp3) is 0.703. The molecular weight excluding hydrogens is 697 g/mol. The minimum absolute atomic E-state index is 0.0132. The highest BCUT2D eigenvalue weighted by molar-refractivity contribution is 8.77. The van der Waals surface area contributed by atoms with Crippen molar-refractivity contribution < 1.29 is 24.3 Å². The lowest BCUT2D eigenvalue weighted by atomic mass is 9.75. The number of hydrogen-bond acceptors (Lipinski definition) is 9. The van der Waals surface area contributed by atoms with E-state index in [0.717, 1.165) is 46.8 Å². The number of aromatic nitrogens is 2. The maximum Gasteiger partial charge on any atom is 0.330 e. The van der Waals surface area contributed by atoms with Gasteiger partial charge in [0.25, 0.3) is 14.1 Å². The van der Waals surface area contributed by atoms with Crippen LogP contribution < -0.4 is 11.2 Å². The Kier molecular flexibility index (Phi) is 16.1. The highest BCUT2D eigenvalue weighted by atomic mass is 33.1. The lowest BCUT2D eigenvalue weighted by Gasteiger charge is -2.37. The highest BCUT2D eigenvalue weighted by Gasteiger charge is 2.48. The molecule has 0 radical (unpaired) electrons. The van der Waals surface area contributed by atoms with Gasteiger partial charge in [-0.3, -0.25) is 19.1 Å². The predicted octanol–water partition coefficient (Wildman–Crippen LogP) is 9.26. The first-order valence-corrected chi connectivity index (χ1v) is 21.1. The molecule has 2 heterocycles. The lowest BCUT2D eigenvalue weighted by molar-refractivity contribution is -0.121. The van der Waals surface area contributed by atoms with Gasteiger partial charge >= 0.3 is 5.69 Å². The lowest BCUT2D eigenvalue weighted by Crippen LogP contribution is -2.38. The summed E-state index contributed by atoms with van der Waals surface area (Å²) in [4.78, 5) is 40.3. The molecule has 50 heavy (non-hydrogen) atoms. The van der Waals surface area contributed by atoms with Crippen molar-refractivity contribution in [1.82, 2.24) is 14.2 Å². The second-order valence-corrected chi connectivity index (χ2v) is 18.6. The van der Waals surface area contributed by atoms with Crippen LogP contribution in [0.25, 0.3) is 0 Å². The van der Waals surface area contributed by atoms with Crippen molar-refractivity contribution in [3.8, 4) is 0 Å². The van der Waals surface area contributed by atoms with Gasteiger partial charge in [-0.15, -0.1) is 0 Å². The number of carbonyl (C=O) groups is 1. The Labute approximate surface area is 309 Å². The number of rotatable bonds is 21. The quantitative estimate of drug-likeness (QED) is 0.0987. The van der Waals surface area contributed by atoms with Crippen LogP contribution >= 0.6 is 30.1 Å². The standard InChI is InChI=1S/C37H59FN3O6PS2/c1-11-37(12-2,13-3)24-29(42)18-21-36(9,10)50-49-30-17-15-14-16-28(30)20-23-45-48(41(25(4)5)26(6)7)47-33-27(8)46-34(32(33)38)40-22-19-31(43)39-35(40)44/h14-17,19,22,25-27,32-34H,11-13,18,20-21,23-24H2,1-10H3,(H,39,43,44)/i8D. The zero-order chi connectivity index (χ0) is 37.9. The number of H-pyrrole nitrogens is 1. The van der Waals surface area contributed by atoms with Crippen LogP contribution in [0.2, 0.25) is 0 Å². The Morgan fingerprint density at radius 3 is 2.38 bits per heavy atom. The van der Waals surface area contributed by atoms with E-state index in [2.05, 4.69) is 56.4 Å². The average molecular weight is 757 g/mol. The third-order valence-electron chi connectivity index (χ3n) is 9.58. The molecule has 0 bridgehead atoms. The monoisotopic (exact) mass is 756 g/mol. The van der Waals surface area contributed by atoms with E-state index >= 15 is 4.39 Å². The number of aromatic amines is 1. The van der Waals surface area contributed by atoms with Crippen LogP contribution in [0.15, 0.2) is 51.0 Å². The molecule has 5 unspecified atom stereocenters. The number of carbonyl (C=O) groups excluding carboxylic acids is 1. The molecule has 9 nitrogen and oxygen atoms in total. The number of nitrogens with zero attached hydrogens (tertiary/aromatic N) is 2. The fourth-order valence-corrected chi connectivity index (χ4v) is 10.6. The van der Waals surface area contributed by atoms with Crippen molar-refractivity contribution in [2.24, 2.45) is 5.41 Å². The van der Waals surface area contributed by atoms with Crippen LogP contribution in [-0.2, 0) is 25.0 Å². The summed E-state index contributed by atoms with van der Waals surface area (Å²) < 4.78 is 45.8. The van der Waals surface area contributed by atoms with E-state index in [1.165, 1.54) is 6.20 Å². The second-order valence-electron chi connectivity index (χ2n) is 14.3. The van der Waals surface area contributed by atoms with Crippen LogP contribution in [0, 0.1) is 5.41 Å². The third kappa shape index (κ3) is 11.7. The zero-order valence-corrected chi connectivity index (χ0v) is 33.8. The molecule has 1 aliphatic heterocycles. The van der Waals surface area contributed by atoms with E-state index < -0.39 is 44.4 Å². The molecule has 282 valence electrons. The predicted molar refractivity (Wildman–Crippen MR) is 205 cm³/mol. The van der Waals surface area contributed by atoms with E-state index in [4.69, 9.17) is 15.2 Å². The van der Waals surface area contributed by atoms with Gasteiger partial charge in [0.2, 0.25) is 0 Å². The largest absolute Gasteiger partial charge is 0.349 e. The fourth-order valence-electron chi connectivity index (χ4n) is 6.20. The summed E-state index contributed by atoms with van der Waals surface area (Å²) in [6.07, 6.45) is 1.69. The van der Waals surface area contributed by atoms with Gasteiger partial charge < -0.3 is 13.8 Å². The van der Waals surface area contributed by atoms with Gasteiger partial charge in [-0.1, -0.05) is 79.8 Å². The molecular formula is C37H59FN3O6PS2. The molecule has 0 amide bonds. The summed E-state index contributed by atoms with van der Waals surface area (Å²) >= 11 is 0. The molecule has 1 aliphatic rings. The molecule has 13 heteroatoms. The first-order chi connectivity index (χ1) is 24.1. The summed E-state index contributed by atoms with van der Waals surface area (Å²) in [7, 11) is 1.70. The van der Waals surface area contributed by atoms with Gasteiger partial charge in [-0.05, 0) is 78.3 Å². The van der Waals surface area contributed by atoms with Crippen LogP contribution in [0.3, 0.4) is 0 Å². The normalized spacial score (nSPS) is 20.9. The van der Waals surface area contributed by atoms with Gasteiger partial charge in [-0.2, -0.15) is 0 Å². The number of ketones is 1. The number of Topliss-reactive ketones (excluding diaryl/α,β-unsaturated/α-hetero) is 1. The number of halogens is 1. The molecule has 0 aliphatic carbocycles. The summed E-state index contributed by atoms with van der Waals surface area (Å²) in [6.45, 7) is 19.1. The van der Waals surface area contributed by atoms with Crippen LogP contribution in [0.1, 0.15) is 121 Å². The minimum atomic E-state index is -1.79. The van der Waals surface area contributed by atoms with Crippen molar-refractivity contribution in [3.63, 3.8) is 0 Å². The van der Waals surface area contributed by atoms with E-state index in [0.29, 0.717) is 31.7 Å². The topological polar surface area (TPSA) is 103 Å². The van der Waals surface area contributed by atoms with E-state index in [9.17, 15) is 14.4 Å². The van der Waals surface area contributed by atoms with E-state index in [1.54, 1.807) is 21.6 Å². The number of alkyl halides is 1. The smallest absolute Gasteiger partial charge is 0.330 e. The SMILES string of the molecule is [2H]CC1OC(n2ccc(=O)[nH]c2=O)C(F)C1OP(OCCc1ccccc1SSC(C)(C)CCC(=O)CC(CC)(CC)CC)N(C(C)C)C(C)C. The van der Waals surface area contributed by atoms with Crippen LogP contribution in [-0.4, -0.2) is 61.8 Å². The molecule has 1 saturated heterocycles. The Hall–Kier alpha value is -1.53. The molecule has 1 fully saturated rings. The van der Waals surface area contributed by atoms with Gasteiger partial charge in [0.15, 0.2) is 12.4 Å². The number of ether oxygens (including phenoxy) is 1. The maximum absolute atomic E-state index is 16.1. The highest BCUT2D eigenvalue weighted by Crippen LogP contribution is 2.51. The number of hydrogen-bond donors (Lipinski definition) is 1. The van der Waals surface area contributed by atoms with Gasteiger partial charge in [-0.25, -0.2) is 13.9 Å². The molecule has 2 aromatic rings. The molecule has 3 rings (SSSR count). The second kappa shape index (κ2) is 19.5. The first-order valence-electron chi connectivity index (χ1n) is 18.5. The Morgan fingerprint density at radius 2 is 1.78 bits per heavy atom. The average Bonchev–Trinajstić information content (AvgIpc) is 3.39. The Bertz CT molecular complexity index is 1490. The summed E-state index contributed by atoms with van der Waals surface area (Å²) in [6, 6.07) is 9.36. The molecule has 0 spiro atoms. The summed E-state index contributed by atoms with van der Waals surface area (Å²) in [5, 5.41) is 0. The molecule has 1 aromatic heterocycles. The maximum atomic E-state index is 16.1. The van der Waals surface area contributed by atoms with Crippen LogP contribution in [0.4, 0.5) is 4.39 Å². The number of nitrogens with one attached hydrogen (secondary N) is 1. The molecule has 0 saturated carbocycles. The van der Waals surface area contributed by atoms with E-state index in [1.807, 2.05) is 39.8 Å². The number of benzene rings is 1. The van der Waals surface area contributed by atoms with E-state index in [-0.39, 0.29) is 29.1 Å². The van der Waals surface area contributed by atoms with Crippen molar-refractivity contribution >= 4 is 35.9 Å². The van der Waals surface area contributed by atoms with Gasteiger partial charge in [0, 0.05) is 48.2 Å². The third-order valence-corrected chi connectivity index (χ3v) is 15.2. The van der Waals surface area contributed by atoms with Crippen molar-refractivity contribution in [1.29, 1.82) is 0 Å². The van der Waals surface area contributed by atoms with Crippen LogP contribution in [0.5, 0.6) is 0 Å². The molecule has 1 N–H and O–H groups in total. The van der Waals surface area contributed by atoms with Crippen molar-refractivity contribution in [2.75, 3.05) is 6.61 Å². The van der Waals surface area contributed by atoms with Gasteiger partial charge in [0.1, 0.15) is 11.9 Å². The molecule has 5 atom stereocenters.